The summed E-state index contributed by atoms with van der Waals surface area (Å²) in [6.07, 6.45) is 17.0. The lowest BCUT2D eigenvalue weighted by atomic mass is 10.1. The van der Waals surface area contributed by atoms with Crippen LogP contribution < -0.4 is 0 Å². The average Bonchev–Trinajstić information content (AvgIpc) is 3.43. The maximum atomic E-state index is 13.7. The number of carbonyl (C=O) groups excluding carboxylic acids is 2. The lowest BCUT2D eigenvalue weighted by Crippen LogP contribution is -2.44. The normalized spacial score (nSPS) is 11.2. The van der Waals surface area contributed by atoms with Crippen molar-refractivity contribution in [3.63, 3.8) is 0 Å². The smallest absolute Gasteiger partial charge is 0.242 e. The van der Waals surface area contributed by atoms with Crippen LogP contribution in [-0.4, -0.2) is 59.9 Å². The monoisotopic (exact) mass is 575 g/mol. The van der Waals surface area contributed by atoms with Crippen LogP contribution in [0.5, 0.6) is 0 Å². The van der Waals surface area contributed by atoms with Gasteiger partial charge in [0.2, 0.25) is 11.8 Å². The Morgan fingerprint density at radius 3 is 2.07 bits per heavy atom. The van der Waals surface area contributed by atoms with Crippen LogP contribution in [0.3, 0.4) is 0 Å². The van der Waals surface area contributed by atoms with Crippen LogP contribution in [0.2, 0.25) is 0 Å². The third kappa shape index (κ3) is 12.0. The number of methoxy groups -OCH3 is 1. The van der Waals surface area contributed by atoms with E-state index < -0.39 is 0 Å². The van der Waals surface area contributed by atoms with Gasteiger partial charge in [-0.2, -0.15) is 0 Å². The van der Waals surface area contributed by atoms with Gasteiger partial charge in [0.25, 0.3) is 0 Å². The molecule has 0 saturated heterocycles. The van der Waals surface area contributed by atoms with Crippen LogP contribution in [0, 0.1) is 0 Å². The van der Waals surface area contributed by atoms with E-state index >= 15 is 0 Å². The van der Waals surface area contributed by atoms with Crippen molar-refractivity contribution < 1.29 is 14.3 Å². The van der Waals surface area contributed by atoms with Gasteiger partial charge in [0.15, 0.2) is 0 Å². The summed E-state index contributed by atoms with van der Waals surface area (Å²) in [4.78, 5) is 33.8. The molecule has 6 nitrogen and oxygen atoms in total. The van der Waals surface area contributed by atoms with Gasteiger partial charge in [-0.1, -0.05) is 120 Å². The molecule has 0 aliphatic heterocycles. The minimum absolute atomic E-state index is 0.0258. The fraction of sp³-hybridized carbons (Fsp3) is 0.556. The maximum absolute atomic E-state index is 13.7. The first kappa shape index (κ1) is 33.4. The van der Waals surface area contributed by atoms with Crippen molar-refractivity contribution in [2.24, 2.45) is 0 Å². The van der Waals surface area contributed by atoms with Crippen LogP contribution in [0.1, 0.15) is 95.1 Å². The van der Waals surface area contributed by atoms with Crippen molar-refractivity contribution in [1.82, 2.24) is 14.8 Å². The highest BCUT2D eigenvalue weighted by Crippen LogP contribution is 2.19. The maximum Gasteiger partial charge on any atom is 0.242 e. The first-order valence-corrected chi connectivity index (χ1v) is 16.3. The Labute approximate surface area is 253 Å². The molecule has 1 aromatic heterocycles. The first-order chi connectivity index (χ1) is 20.6. The Balaban J connectivity index is 1.51. The summed E-state index contributed by atoms with van der Waals surface area (Å²) >= 11 is 0. The molecular weight excluding hydrogens is 522 g/mol. The molecule has 0 bridgehead atoms. The van der Waals surface area contributed by atoms with Gasteiger partial charge in [0.1, 0.15) is 0 Å². The Bertz CT molecular complexity index is 1160. The zero-order chi connectivity index (χ0) is 29.8. The van der Waals surface area contributed by atoms with Crippen molar-refractivity contribution in [3.8, 4) is 0 Å². The predicted octanol–water partition coefficient (Wildman–Crippen LogP) is 7.92. The number of H-pyrrole nitrogens is 1. The van der Waals surface area contributed by atoms with Crippen molar-refractivity contribution in [2.75, 3.05) is 33.4 Å². The highest BCUT2D eigenvalue weighted by molar-refractivity contribution is 5.85. The highest BCUT2D eigenvalue weighted by Gasteiger charge is 2.22. The minimum atomic E-state index is -0.0258. The summed E-state index contributed by atoms with van der Waals surface area (Å²) in [6, 6.07) is 18.3. The number of benzene rings is 2. The number of para-hydroxylation sites is 1. The van der Waals surface area contributed by atoms with Crippen molar-refractivity contribution in [2.45, 2.75) is 96.9 Å². The molecule has 2 amide bonds. The lowest BCUT2D eigenvalue weighted by molar-refractivity contribution is -0.141. The molecular formula is C36H53N3O3. The van der Waals surface area contributed by atoms with Crippen LogP contribution in [0.15, 0.2) is 60.8 Å². The quantitative estimate of drug-likeness (QED) is 0.124. The van der Waals surface area contributed by atoms with Gasteiger partial charge in [0, 0.05) is 50.3 Å². The molecule has 0 aliphatic carbocycles. The number of unbranched alkanes of at least 4 members (excludes halogenated alkanes) is 10. The van der Waals surface area contributed by atoms with E-state index in [1.807, 2.05) is 53.6 Å². The zero-order valence-corrected chi connectivity index (χ0v) is 26.1. The van der Waals surface area contributed by atoms with Crippen LogP contribution in [0.4, 0.5) is 0 Å². The van der Waals surface area contributed by atoms with Crippen LogP contribution in [0.25, 0.3) is 10.9 Å². The number of aromatic nitrogens is 1. The Kier molecular flexibility index (Phi) is 15.8. The zero-order valence-electron chi connectivity index (χ0n) is 26.1. The van der Waals surface area contributed by atoms with E-state index in [1.54, 1.807) is 12.0 Å². The number of ether oxygens (including phenoxy) is 1. The minimum Gasteiger partial charge on any atom is -0.383 e. The molecule has 6 heteroatoms. The second-order valence-electron chi connectivity index (χ2n) is 11.5. The van der Waals surface area contributed by atoms with Crippen LogP contribution in [-0.2, 0) is 27.3 Å². The van der Waals surface area contributed by atoms with E-state index in [4.69, 9.17) is 4.74 Å². The molecule has 2 aromatic carbocycles. The number of hydrogen-bond acceptors (Lipinski definition) is 3. The van der Waals surface area contributed by atoms with Gasteiger partial charge in [-0.15, -0.1) is 0 Å². The molecule has 3 aromatic rings. The van der Waals surface area contributed by atoms with Gasteiger partial charge in [-0.3, -0.25) is 9.59 Å². The number of aromatic amines is 1. The highest BCUT2D eigenvalue weighted by atomic mass is 16.5. The number of fused-ring (bicyclic) bond motifs is 1. The number of hydrogen-bond donors (Lipinski definition) is 1. The second kappa shape index (κ2) is 19.9. The summed E-state index contributed by atoms with van der Waals surface area (Å²) in [6.45, 7) is 4.30. The number of carbonyl (C=O) groups is 2. The standard InChI is InChI=1S/C36H53N3O3/c1-3-4-5-6-7-8-9-10-11-12-16-23-35(40)39(26-27-42-2)30-36(41)38(29-31-19-14-13-15-20-31)25-24-32-28-37-34-22-18-17-21-33(32)34/h13-15,17-22,28,37H,3-12,16,23-27,29-30H2,1-2H3. The first-order valence-electron chi connectivity index (χ1n) is 16.3. The Morgan fingerprint density at radius 2 is 1.38 bits per heavy atom. The van der Waals surface area contributed by atoms with E-state index in [9.17, 15) is 9.59 Å². The molecule has 0 atom stereocenters. The third-order valence-electron chi connectivity index (χ3n) is 8.13. The van der Waals surface area contributed by atoms with E-state index in [-0.39, 0.29) is 18.4 Å². The van der Waals surface area contributed by atoms with Gasteiger partial charge in [0.05, 0.1) is 13.2 Å². The Morgan fingerprint density at radius 1 is 0.738 bits per heavy atom. The summed E-state index contributed by atoms with van der Waals surface area (Å²) in [7, 11) is 1.64. The van der Waals surface area contributed by atoms with Crippen molar-refractivity contribution in [3.05, 3.63) is 71.9 Å². The lowest BCUT2D eigenvalue weighted by Gasteiger charge is -2.28. The number of nitrogens with one attached hydrogen (secondary N) is 1. The largest absolute Gasteiger partial charge is 0.383 e. The van der Waals surface area contributed by atoms with Crippen molar-refractivity contribution >= 4 is 22.7 Å². The Hall–Kier alpha value is -3.12. The van der Waals surface area contributed by atoms with E-state index in [1.165, 1.54) is 68.7 Å². The third-order valence-corrected chi connectivity index (χ3v) is 8.13. The van der Waals surface area contributed by atoms with Crippen molar-refractivity contribution in [1.29, 1.82) is 0 Å². The van der Waals surface area contributed by atoms with Gasteiger partial charge in [-0.25, -0.2) is 0 Å². The second-order valence-corrected chi connectivity index (χ2v) is 11.5. The van der Waals surface area contributed by atoms with Gasteiger partial charge < -0.3 is 19.5 Å². The predicted molar refractivity (Wildman–Crippen MR) is 173 cm³/mol. The molecule has 3 rings (SSSR count). The van der Waals surface area contributed by atoms with Gasteiger partial charge in [-0.05, 0) is 30.0 Å². The molecule has 230 valence electrons. The summed E-state index contributed by atoms with van der Waals surface area (Å²) in [5, 5.41) is 1.19. The molecule has 0 unspecified atom stereocenters. The molecule has 1 N–H and O–H groups in total. The fourth-order valence-electron chi connectivity index (χ4n) is 5.54. The van der Waals surface area contributed by atoms with Gasteiger partial charge >= 0.3 is 0 Å². The molecule has 0 saturated carbocycles. The summed E-state index contributed by atoms with van der Waals surface area (Å²) in [5.41, 5.74) is 3.38. The summed E-state index contributed by atoms with van der Waals surface area (Å²) in [5.74, 6) is 0.0229. The fourth-order valence-corrected chi connectivity index (χ4v) is 5.54. The molecule has 0 fully saturated rings. The molecule has 42 heavy (non-hydrogen) atoms. The number of rotatable bonds is 22. The molecule has 0 spiro atoms. The molecule has 0 aliphatic rings. The SMILES string of the molecule is CCCCCCCCCCCCCC(=O)N(CCOC)CC(=O)N(CCc1c[nH]c2ccccc12)Cc1ccccc1. The molecule has 1 heterocycles. The molecule has 0 radical (unpaired) electrons. The number of amides is 2. The topological polar surface area (TPSA) is 65.6 Å². The average molecular weight is 576 g/mol. The summed E-state index contributed by atoms with van der Waals surface area (Å²) < 4.78 is 5.29. The number of nitrogens with zero attached hydrogens (tertiary/aromatic N) is 2. The van der Waals surface area contributed by atoms with E-state index in [0.29, 0.717) is 32.7 Å². The van der Waals surface area contributed by atoms with E-state index in [2.05, 4.69) is 24.0 Å². The van der Waals surface area contributed by atoms with Crippen LogP contribution >= 0.6 is 0 Å². The van der Waals surface area contributed by atoms with E-state index in [0.717, 1.165) is 30.3 Å².